The first-order valence-electron chi connectivity index (χ1n) is 6.65. The molecule has 1 N–H and O–H groups in total. The van der Waals surface area contributed by atoms with Gasteiger partial charge in [0.15, 0.2) is 5.69 Å². The van der Waals surface area contributed by atoms with Crippen molar-refractivity contribution in [3.05, 3.63) is 34.9 Å². The van der Waals surface area contributed by atoms with E-state index in [1.165, 1.54) is 7.11 Å². The minimum atomic E-state index is -0.430. The number of hydrogen-bond donors (Lipinski definition) is 1. The third-order valence-corrected chi connectivity index (χ3v) is 3.99. The number of ether oxygens (including phenoxy) is 1. The molecule has 0 radical (unpaired) electrons. The molecule has 2 aromatic heterocycles. The Balaban J connectivity index is 2.08. The standard InChI is InChI=1S/C14H16ClN3O2/c1-20-14(19)13-10-3-2-4-11(15)18(10)12(17-13)7-9-5-6-16-8-9/h2-4,9,16H,5-8H2,1H3. The molecule has 1 unspecified atom stereocenters. The molecule has 1 saturated heterocycles. The third kappa shape index (κ3) is 2.27. The minimum absolute atomic E-state index is 0.330. The van der Waals surface area contributed by atoms with Gasteiger partial charge in [-0.3, -0.25) is 4.40 Å². The summed E-state index contributed by atoms with van der Waals surface area (Å²) in [5.41, 5.74) is 1.03. The van der Waals surface area contributed by atoms with E-state index in [4.69, 9.17) is 16.3 Å². The quantitative estimate of drug-likeness (QED) is 0.694. The summed E-state index contributed by atoms with van der Waals surface area (Å²) in [6, 6.07) is 5.45. The van der Waals surface area contributed by atoms with Crippen LogP contribution in [0.5, 0.6) is 0 Å². The van der Waals surface area contributed by atoms with Gasteiger partial charge in [0.1, 0.15) is 11.0 Å². The van der Waals surface area contributed by atoms with Crippen molar-refractivity contribution in [2.75, 3.05) is 20.2 Å². The Morgan fingerprint density at radius 3 is 3.15 bits per heavy atom. The number of nitrogens with one attached hydrogen (secondary N) is 1. The summed E-state index contributed by atoms with van der Waals surface area (Å²) >= 11 is 6.26. The molecule has 5 nitrogen and oxygen atoms in total. The summed E-state index contributed by atoms with van der Waals surface area (Å²) in [5, 5.41) is 3.90. The van der Waals surface area contributed by atoms with Crippen molar-refractivity contribution in [1.29, 1.82) is 0 Å². The molecular weight excluding hydrogens is 278 g/mol. The molecule has 6 heteroatoms. The monoisotopic (exact) mass is 293 g/mol. The maximum Gasteiger partial charge on any atom is 0.358 e. The van der Waals surface area contributed by atoms with E-state index in [2.05, 4.69) is 10.3 Å². The van der Waals surface area contributed by atoms with Crippen LogP contribution >= 0.6 is 11.6 Å². The number of rotatable bonds is 3. The number of carbonyl (C=O) groups excluding carboxylic acids is 1. The molecule has 1 atom stereocenters. The van der Waals surface area contributed by atoms with Gasteiger partial charge in [0.25, 0.3) is 0 Å². The number of nitrogens with zero attached hydrogens (tertiary/aromatic N) is 2. The van der Waals surface area contributed by atoms with Gasteiger partial charge in [-0.1, -0.05) is 17.7 Å². The third-order valence-electron chi connectivity index (χ3n) is 3.70. The average molecular weight is 294 g/mol. The van der Waals surface area contributed by atoms with Crippen molar-refractivity contribution < 1.29 is 9.53 Å². The number of fused-ring (bicyclic) bond motifs is 1. The second kappa shape index (κ2) is 5.42. The van der Waals surface area contributed by atoms with Gasteiger partial charge in [-0.25, -0.2) is 9.78 Å². The lowest BCUT2D eigenvalue weighted by atomic mass is 10.1. The van der Waals surface area contributed by atoms with Gasteiger partial charge in [-0.2, -0.15) is 0 Å². The van der Waals surface area contributed by atoms with Gasteiger partial charge in [-0.15, -0.1) is 0 Å². The zero-order valence-electron chi connectivity index (χ0n) is 11.2. The number of pyridine rings is 1. The summed E-state index contributed by atoms with van der Waals surface area (Å²) in [6.07, 6.45) is 1.92. The Kier molecular flexibility index (Phi) is 3.63. The number of aromatic nitrogens is 2. The van der Waals surface area contributed by atoms with Crippen LogP contribution in [0.3, 0.4) is 0 Å². The molecule has 0 saturated carbocycles. The summed E-state index contributed by atoms with van der Waals surface area (Å²) in [4.78, 5) is 16.3. The normalized spacial score (nSPS) is 18.6. The maximum atomic E-state index is 11.8. The fraction of sp³-hybridized carbons (Fsp3) is 0.429. The van der Waals surface area contributed by atoms with Crippen LogP contribution < -0.4 is 5.32 Å². The molecule has 0 aliphatic carbocycles. The fourth-order valence-corrected chi connectivity index (χ4v) is 2.96. The highest BCUT2D eigenvalue weighted by Crippen LogP contribution is 2.23. The van der Waals surface area contributed by atoms with Crippen molar-refractivity contribution in [2.45, 2.75) is 12.8 Å². The molecule has 0 bridgehead atoms. The van der Waals surface area contributed by atoms with Gasteiger partial charge in [-0.05, 0) is 37.6 Å². The van der Waals surface area contributed by atoms with Crippen molar-refractivity contribution in [3.63, 3.8) is 0 Å². The van der Waals surface area contributed by atoms with Crippen molar-refractivity contribution in [3.8, 4) is 0 Å². The first-order valence-corrected chi connectivity index (χ1v) is 7.03. The van der Waals surface area contributed by atoms with E-state index in [0.29, 0.717) is 22.3 Å². The van der Waals surface area contributed by atoms with E-state index in [1.807, 2.05) is 16.5 Å². The van der Waals surface area contributed by atoms with E-state index in [-0.39, 0.29) is 0 Å². The molecule has 3 heterocycles. The highest BCUT2D eigenvalue weighted by Gasteiger charge is 2.23. The number of hydrogen-bond acceptors (Lipinski definition) is 4. The van der Waals surface area contributed by atoms with Crippen molar-refractivity contribution in [2.24, 2.45) is 5.92 Å². The molecule has 1 aliphatic heterocycles. The molecule has 0 amide bonds. The molecular formula is C14H16ClN3O2. The molecule has 1 fully saturated rings. The zero-order valence-corrected chi connectivity index (χ0v) is 12.0. The van der Waals surface area contributed by atoms with Crippen molar-refractivity contribution in [1.82, 2.24) is 14.7 Å². The molecule has 0 spiro atoms. The highest BCUT2D eigenvalue weighted by atomic mass is 35.5. The molecule has 0 aromatic carbocycles. The Morgan fingerprint density at radius 1 is 1.60 bits per heavy atom. The van der Waals surface area contributed by atoms with Gasteiger partial charge >= 0.3 is 5.97 Å². The van der Waals surface area contributed by atoms with Crippen LogP contribution in [0.4, 0.5) is 0 Å². The zero-order chi connectivity index (χ0) is 14.1. The Morgan fingerprint density at radius 2 is 2.45 bits per heavy atom. The SMILES string of the molecule is COC(=O)c1nc(CC2CCNC2)n2c(Cl)cccc12. The van der Waals surface area contributed by atoms with E-state index in [1.54, 1.807) is 6.07 Å². The topological polar surface area (TPSA) is 55.6 Å². The van der Waals surface area contributed by atoms with E-state index < -0.39 is 5.97 Å². The van der Waals surface area contributed by atoms with E-state index >= 15 is 0 Å². The number of esters is 1. The summed E-state index contributed by atoms with van der Waals surface area (Å²) in [6.45, 7) is 2.01. The minimum Gasteiger partial charge on any atom is -0.464 e. The summed E-state index contributed by atoms with van der Waals surface area (Å²) in [5.74, 6) is 0.919. The molecule has 3 rings (SSSR count). The van der Waals surface area contributed by atoms with E-state index in [0.717, 1.165) is 31.8 Å². The van der Waals surface area contributed by atoms with Crippen LogP contribution in [0.1, 0.15) is 22.7 Å². The van der Waals surface area contributed by atoms with Crippen molar-refractivity contribution >= 4 is 23.1 Å². The smallest absolute Gasteiger partial charge is 0.358 e. The summed E-state index contributed by atoms with van der Waals surface area (Å²) < 4.78 is 6.64. The predicted molar refractivity (Wildman–Crippen MR) is 76.2 cm³/mol. The Labute approximate surface area is 121 Å². The Bertz CT molecular complexity index is 647. The van der Waals surface area contributed by atoms with Crippen LogP contribution in [0.2, 0.25) is 5.15 Å². The molecule has 2 aromatic rings. The number of halogens is 1. The number of methoxy groups -OCH3 is 1. The lowest BCUT2D eigenvalue weighted by Crippen LogP contribution is -2.12. The van der Waals surface area contributed by atoms with Gasteiger partial charge in [0, 0.05) is 6.42 Å². The van der Waals surface area contributed by atoms with Crippen LogP contribution in [0.15, 0.2) is 18.2 Å². The lowest BCUT2D eigenvalue weighted by Gasteiger charge is -2.08. The average Bonchev–Trinajstić information content (AvgIpc) is 3.07. The van der Waals surface area contributed by atoms with Crippen LogP contribution in [-0.4, -0.2) is 35.6 Å². The van der Waals surface area contributed by atoms with Gasteiger partial charge in [0.2, 0.25) is 0 Å². The fourth-order valence-electron chi connectivity index (χ4n) is 2.70. The van der Waals surface area contributed by atoms with Crippen LogP contribution in [-0.2, 0) is 11.2 Å². The van der Waals surface area contributed by atoms with Gasteiger partial charge < -0.3 is 10.1 Å². The number of imidazole rings is 1. The second-order valence-electron chi connectivity index (χ2n) is 5.00. The first kappa shape index (κ1) is 13.4. The molecule has 1 aliphatic rings. The Hall–Kier alpha value is -1.59. The van der Waals surface area contributed by atoms with Crippen LogP contribution in [0.25, 0.3) is 5.52 Å². The lowest BCUT2D eigenvalue weighted by molar-refractivity contribution is 0.0596. The van der Waals surface area contributed by atoms with Crippen LogP contribution in [0, 0.1) is 5.92 Å². The number of carbonyl (C=O) groups is 1. The molecule has 106 valence electrons. The van der Waals surface area contributed by atoms with Gasteiger partial charge in [0.05, 0.1) is 12.6 Å². The molecule has 20 heavy (non-hydrogen) atoms. The highest BCUT2D eigenvalue weighted by molar-refractivity contribution is 6.29. The van der Waals surface area contributed by atoms with E-state index in [9.17, 15) is 4.79 Å². The summed E-state index contributed by atoms with van der Waals surface area (Å²) in [7, 11) is 1.36. The second-order valence-corrected chi connectivity index (χ2v) is 5.39. The predicted octanol–water partition coefficient (Wildman–Crippen LogP) is 1.93. The maximum absolute atomic E-state index is 11.8. The first-order chi connectivity index (χ1) is 9.70. The largest absolute Gasteiger partial charge is 0.464 e.